The van der Waals surface area contributed by atoms with E-state index in [4.69, 9.17) is 9.47 Å². The van der Waals surface area contributed by atoms with E-state index in [1.807, 2.05) is 18.2 Å². The highest BCUT2D eigenvalue weighted by atomic mass is 19.1. The van der Waals surface area contributed by atoms with Crippen LogP contribution >= 0.6 is 0 Å². The lowest BCUT2D eigenvalue weighted by atomic mass is 9.94. The van der Waals surface area contributed by atoms with Crippen LogP contribution in [-0.2, 0) is 16.1 Å². The van der Waals surface area contributed by atoms with Gasteiger partial charge >= 0.3 is 0 Å². The van der Waals surface area contributed by atoms with Crippen molar-refractivity contribution in [2.75, 3.05) is 19.1 Å². The van der Waals surface area contributed by atoms with E-state index in [-0.39, 0.29) is 24.2 Å². The normalized spacial score (nSPS) is 14.5. The number of hydrogen-bond donors (Lipinski definition) is 1. The first-order valence-electron chi connectivity index (χ1n) is 13.4. The Kier molecular flexibility index (Phi) is 8.23. The molecule has 1 heterocycles. The van der Waals surface area contributed by atoms with E-state index in [1.54, 1.807) is 30.3 Å². The predicted octanol–water partition coefficient (Wildman–Crippen LogP) is 4.81. The molecule has 2 amide bonds. The summed E-state index contributed by atoms with van der Waals surface area (Å²) in [6.45, 7) is -0.211. The van der Waals surface area contributed by atoms with E-state index >= 15 is 0 Å². The number of methoxy groups -OCH3 is 2. The second-order valence-corrected chi connectivity index (χ2v) is 9.84. The lowest BCUT2D eigenvalue weighted by molar-refractivity contribution is -0.127. The Morgan fingerprint density at radius 2 is 1.77 bits per heavy atom. The third-order valence-corrected chi connectivity index (χ3v) is 7.24. The number of anilines is 1. The Labute approximate surface area is 231 Å². The summed E-state index contributed by atoms with van der Waals surface area (Å²) in [6, 6.07) is 16.9. The number of ether oxygens (including phenoxy) is 2. The number of amides is 2. The van der Waals surface area contributed by atoms with Gasteiger partial charge in [-0.3, -0.25) is 14.5 Å². The molecular weight excluding hydrogens is 513 g/mol. The number of hydrogen-bond acceptors (Lipinski definition) is 6. The molecule has 1 aliphatic carbocycles. The Hall–Kier alpha value is -4.47. The summed E-state index contributed by atoms with van der Waals surface area (Å²) < 4.78 is 26.9. The third kappa shape index (κ3) is 5.75. The first kappa shape index (κ1) is 27.1. The maximum absolute atomic E-state index is 14.5. The average Bonchev–Trinajstić information content (AvgIpc) is 3.38. The van der Waals surface area contributed by atoms with E-state index in [0.717, 1.165) is 32.1 Å². The number of rotatable bonds is 9. The van der Waals surface area contributed by atoms with Gasteiger partial charge in [0.15, 0.2) is 11.5 Å². The van der Waals surface area contributed by atoms with Gasteiger partial charge in [0.05, 0.1) is 19.7 Å². The number of nitrogens with zero attached hydrogens (tertiary/aromatic N) is 4. The number of aromatic nitrogens is 3. The molecule has 0 bridgehead atoms. The van der Waals surface area contributed by atoms with Crippen molar-refractivity contribution in [1.29, 1.82) is 0 Å². The van der Waals surface area contributed by atoms with Crippen molar-refractivity contribution in [3.63, 3.8) is 0 Å². The minimum Gasteiger partial charge on any atom is -0.493 e. The first-order chi connectivity index (χ1) is 19.5. The highest BCUT2D eigenvalue weighted by molar-refractivity contribution is 6.01. The van der Waals surface area contributed by atoms with Crippen molar-refractivity contribution in [3.8, 4) is 11.5 Å². The fourth-order valence-corrected chi connectivity index (χ4v) is 5.27. The molecule has 0 spiro atoms. The van der Waals surface area contributed by atoms with E-state index in [0.29, 0.717) is 28.1 Å². The minimum atomic E-state index is -1.12. The fourth-order valence-electron chi connectivity index (χ4n) is 5.27. The monoisotopic (exact) mass is 545 g/mol. The van der Waals surface area contributed by atoms with Crippen molar-refractivity contribution >= 4 is 28.5 Å². The number of benzene rings is 3. The van der Waals surface area contributed by atoms with E-state index < -0.39 is 17.8 Å². The molecule has 1 saturated carbocycles. The zero-order valence-corrected chi connectivity index (χ0v) is 22.5. The van der Waals surface area contributed by atoms with Crippen molar-refractivity contribution in [2.45, 2.75) is 50.7 Å². The van der Waals surface area contributed by atoms with Gasteiger partial charge in [0.2, 0.25) is 11.8 Å². The predicted molar refractivity (Wildman–Crippen MR) is 149 cm³/mol. The molecule has 208 valence electrons. The van der Waals surface area contributed by atoms with Crippen molar-refractivity contribution in [3.05, 3.63) is 78.1 Å². The minimum absolute atomic E-state index is 0.00684. The molecule has 1 aromatic heterocycles. The molecule has 5 rings (SSSR count). The summed E-state index contributed by atoms with van der Waals surface area (Å²) in [5, 5.41) is 11.5. The van der Waals surface area contributed by atoms with Crippen LogP contribution in [0, 0.1) is 5.82 Å². The average molecular weight is 546 g/mol. The largest absolute Gasteiger partial charge is 0.493 e. The molecule has 10 heteroatoms. The van der Waals surface area contributed by atoms with Crippen LogP contribution in [0.25, 0.3) is 11.0 Å². The Balaban J connectivity index is 1.60. The highest BCUT2D eigenvalue weighted by Gasteiger charge is 2.35. The molecule has 0 radical (unpaired) electrons. The molecule has 40 heavy (non-hydrogen) atoms. The van der Waals surface area contributed by atoms with Crippen molar-refractivity contribution in [1.82, 2.24) is 20.3 Å². The number of nitrogens with one attached hydrogen (secondary N) is 1. The maximum Gasteiger partial charge on any atom is 0.249 e. The second kappa shape index (κ2) is 12.1. The zero-order valence-electron chi connectivity index (χ0n) is 22.5. The van der Waals surface area contributed by atoms with Crippen LogP contribution in [0.4, 0.5) is 10.1 Å². The van der Waals surface area contributed by atoms with Gasteiger partial charge in [0.1, 0.15) is 23.9 Å². The third-order valence-electron chi connectivity index (χ3n) is 7.24. The number of carbonyl (C=O) groups excluding carboxylic acids is 2. The molecule has 1 atom stereocenters. The van der Waals surface area contributed by atoms with Gasteiger partial charge < -0.3 is 14.8 Å². The quantitative estimate of drug-likeness (QED) is 0.324. The molecule has 1 fully saturated rings. The van der Waals surface area contributed by atoms with Gasteiger partial charge in [-0.05, 0) is 60.9 Å². The van der Waals surface area contributed by atoms with Gasteiger partial charge in [0.25, 0.3) is 0 Å². The highest BCUT2D eigenvalue weighted by Crippen LogP contribution is 2.35. The van der Waals surface area contributed by atoms with Crippen molar-refractivity contribution < 1.29 is 23.5 Å². The second-order valence-electron chi connectivity index (χ2n) is 9.84. The topological polar surface area (TPSA) is 98.6 Å². The lowest BCUT2D eigenvalue weighted by Gasteiger charge is -2.33. The molecule has 4 aromatic rings. The first-order valence-corrected chi connectivity index (χ1v) is 13.4. The Morgan fingerprint density at radius 3 is 2.52 bits per heavy atom. The molecule has 0 saturated heterocycles. The lowest BCUT2D eigenvalue weighted by Crippen LogP contribution is -2.48. The van der Waals surface area contributed by atoms with Crippen LogP contribution in [0.15, 0.2) is 66.7 Å². The molecule has 9 nitrogen and oxygen atoms in total. The van der Waals surface area contributed by atoms with Crippen LogP contribution in [0.2, 0.25) is 0 Å². The zero-order chi connectivity index (χ0) is 28.1. The number of halogens is 1. The standard InChI is InChI=1S/C30H32FN5O4/c1-39-26-16-15-20(17-27(26)40-2)29(30(38)32-22-10-4-3-5-11-22)36(23-12-8-9-21(31)18-23)28(37)19-35-25-14-7-6-13-24(25)33-34-35/h6-9,12-18,22,29H,3-5,10-11,19H2,1-2H3,(H,32,38). The summed E-state index contributed by atoms with van der Waals surface area (Å²) in [7, 11) is 3.03. The van der Waals surface area contributed by atoms with E-state index in [1.165, 1.54) is 42.0 Å². The van der Waals surface area contributed by atoms with E-state index in [9.17, 15) is 14.0 Å². The van der Waals surface area contributed by atoms with E-state index in [2.05, 4.69) is 15.6 Å². The molecule has 1 aliphatic rings. The van der Waals surface area contributed by atoms with Crippen LogP contribution in [0.5, 0.6) is 11.5 Å². The van der Waals surface area contributed by atoms with Crippen LogP contribution in [0.1, 0.15) is 43.7 Å². The number of fused-ring (bicyclic) bond motifs is 1. The molecule has 3 aromatic carbocycles. The van der Waals surface area contributed by atoms with Gasteiger partial charge in [0, 0.05) is 11.7 Å². The maximum atomic E-state index is 14.5. The summed E-state index contributed by atoms with van der Waals surface area (Å²) in [5.41, 5.74) is 2.04. The van der Waals surface area contributed by atoms with Crippen LogP contribution in [-0.4, -0.2) is 47.1 Å². The summed E-state index contributed by atoms with van der Waals surface area (Å²) in [6.07, 6.45) is 4.91. The summed E-state index contributed by atoms with van der Waals surface area (Å²) >= 11 is 0. The van der Waals surface area contributed by atoms with Gasteiger partial charge in [-0.1, -0.05) is 48.7 Å². The van der Waals surface area contributed by atoms with Gasteiger partial charge in [-0.25, -0.2) is 9.07 Å². The molecule has 1 unspecified atom stereocenters. The number of para-hydroxylation sites is 1. The molecular formula is C30H32FN5O4. The number of carbonyl (C=O) groups is 2. The Bertz CT molecular complexity index is 1500. The van der Waals surface area contributed by atoms with Crippen LogP contribution in [0.3, 0.4) is 0 Å². The molecule has 1 N–H and O–H groups in total. The summed E-state index contributed by atoms with van der Waals surface area (Å²) in [5.74, 6) is -0.458. The van der Waals surface area contributed by atoms with Gasteiger partial charge in [-0.2, -0.15) is 0 Å². The van der Waals surface area contributed by atoms with Gasteiger partial charge in [-0.15, -0.1) is 5.10 Å². The Morgan fingerprint density at radius 1 is 1.00 bits per heavy atom. The van der Waals surface area contributed by atoms with Crippen LogP contribution < -0.4 is 19.7 Å². The SMILES string of the molecule is COc1ccc(C(C(=O)NC2CCCCC2)N(C(=O)Cn2nnc3ccccc32)c2cccc(F)c2)cc1OC. The summed E-state index contributed by atoms with van der Waals surface area (Å²) in [4.78, 5) is 29.5. The molecule has 0 aliphatic heterocycles. The smallest absolute Gasteiger partial charge is 0.249 e. The fraction of sp³-hybridized carbons (Fsp3) is 0.333. The van der Waals surface area contributed by atoms with Crippen molar-refractivity contribution in [2.24, 2.45) is 0 Å².